The lowest BCUT2D eigenvalue weighted by atomic mass is 9.82. The number of sulfonamides is 1. The average Bonchev–Trinajstić information content (AvgIpc) is 3.01. The summed E-state index contributed by atoms with van der Waals surface area (Å²) in [5.41, 5.74) is -0.837. The fourth-order valence-corrected chi connectivity index (χ4v) is 6.44. The van der Waals surface area contributed by atoms with Crippen molar-refractivity contribution in [1.82, 2.24) is 14.3 Å². The number of piperidine rings is 1. The van der Waals surface area contributed by atoms with Crippen LogP contribution in [0.15, 0.2) is 35.4 Å². The molecule has 2 aliphatic rings. The normalized spacial score (nSPS) is 27.0. The van der Waals surface area contributed by atoms with Crippen LogP contribution in [0.25, 0.3) is 0 Å². The van der Waals surface area contributed by atoms with E-state index in [4.69, 9.17) is 21.1 Å². The molecule has 3 heterocycles. The SMILES string of the molecule is COc1ncc(C2(O)C[C@H]3CC[C@@H](C2)N3S(=O)(=O)c2ccc(Cl)cc2)c(OC)n1. The Kier molecular flexibility index (Phi) is 5.18. The maximum absolute atomic E-state index is 13.2. The molecule has 0 amide bonds. The van der Waals surface area contributed by atoms with Gasteiger partial charge in [-0.15, -0.1) is 0 Å². The van der Waals surface area contributed by atoms with E-state index in [0.717, 1.165) is 0 Å². The van der Waals surface area contributed by atoms with E-state index in [9.17, 15) is 13.5 Å². The Morgan fingerprint density at radius 2 is 1.76 bits per heavy atom. The fourth-order valence-electron chi connectivity index (χ4n) is 4.45. The largest absolute Gasteiger partial charge is 0.481 e. The van der Waals surface area contributed by atoms with Gasteiger partial charge in [-0.25, -0.2) is 13.4 Å². The van der Waals surface area contributed by atoms with Gasteiger partial charge in [-0.05, 0) is 49.9 Å². The Balaban J connectivity index is 1.66. The zero-order valence-electron chi connectivity index (χ0n) is 16.1. The second kappa shape index (κ2) is 7.39. The third-order valence-corrected chi connectivity index (χ3v) is 7.97. The molecule has 1 aromatic carbocycles. The van der Waals surface area contributed by atoms with Gasteiger partial charge in [-0.1, -0.05) is 11.6 Å². The highest BCUT2D eigenvalue weighted by molar-refractivity contribution is 7.89. The van der Waals surface area contributed by atoms with Gasteiger partial charge in [0.1, 0.15) is 0 Å². The molecule has 2 saturated heterocycles. The molecule has 2 fully saturated rings. The summed E-state index contributed by atoms with van der Waals surface area (Å²) in [6.07, 6.45) is 3.33. The summed E-state index contributed by atoms with van der Waals surface area (Å²) >= 11 is 5.90. The first-order chi connectivity index (χ1) is 13.8. The minimum absolute atomic E-state index is 0.139. The molecule has 2 bridgehead atoms. The number of hydrogen-bond acceptors (Lipinski definition) is 7. The molecule has 10 heteroatoms. The van der Waals surface area contributed by atoms with Crippen LogP contribution >= 0.6 is 11.6 Å². The number of aromatic nitrogens is 2. The highest BCUT2D eigenvalue weighted by Crippen LogP contribution is 2.49. The Labute approximate surface area is 174 Å². The van der Waals surface area contributed by atoms with Crippen molar-refractivity contribution < 1.29 is 23.0 Å². The first-order valence-electron chi connectivity index (χ1n) is 9.25. The van der Waals surface area contributed by atoms with Crippen LogP contribution in [0, 0.1) is 0 Å². The van der Waals surface area contributed by atoms with Crippen LogP contribution in [-0.2, 0) is 15.6 Å². The van der Waals surface area contributed by atoms with Gasteiger partial charge in [0.2, 0.25) is 15.9 Å². The van der Waals surface area contributed by atoms with Crippen LogP contribution in [0.1, 0.15) is 31.2 Å². The van der Waals surface area contributed by atoms with E-state index in [-0.39, 0.29) is 41.7 Å². The lowest BCUT2D eigenvalue weighted by molar-refractivity contribution is -0.0362. The van der Waals surface area contributed by atoms with Gasteiger partial charge in [0.25, 0.3) is 0 Å². The van der Waals surface area contributed by atoms with E-state index >= 15 is 0 Å². The highest BCUT2D eigenvalue weighted by Gasteiger charge is 2.53. The van der Waals surface area contributed by atoms with E-state index in [1.165, 1.54) is 32.5 Å². The molecule has 1 N–H and O–H groups in total. The van der Waals surface area contributed by atoms with Gasteiger partial charge in [0.05, 0.1) is 30.3 Å². The molecule has 29 heavy (non-hydrogen) atoms. The third-order valence-electron chi connectivity index (χ3n) is 5.70. The number of benzene rings is 1. The molecule has 0 aliphatic carbocycles. The first kappa shape index (κ1) is 20.3. The maximum atomic E-state index is 13.2. The number of rotatable bonds is 5. The molecular formula is C19H22ClN3O5S. The number of aliphatic hydroxyl groups is 1. The third kappa shape index (κ3) is 3.46. The highest BCUT2D eigenvalue weighted by atomic mass is 35.5. The van der Waals surface area contributed by atoms with E-state index in [1.807, 2.05) is 0 Å². The summed E-state index contributed by atoms with van der Waals surface area (Å²) in [6.45, 7) is 0. The minimum Gasteiger partial charge on any atom is -0.481 e. The van der Waals surface area contributed by atoms with Gasteiger partial charge < -0.3 is 14.6 Å². The van der Waals surface area contributed by atoms with Crippen molar-refractivity contribution in [1.29, 1.82) is 0 Å². The van der Waals surface area contributed by atoms with Crippen molar-refractivity contribution in [2.75, 3.05) is 14.2 Å². The monoisotopic (exact) mass is 439 g/mol. The van der Waals surface area contributed by atoms with Gasteiger partial charge >= 0.3 is 6.01 Å². The number of halogens is 1. The summed E-state index contributed by atoms with van der Waals surface area (Å²) in [5.74, 6) is 0.229. The second-order valence-corrected chi connectivity index (χ2v) is 9.67. The minimum atomic E-state index is -3.69. The second-order valence-electron chi connectivity index (χ2n) is 7.39. The summed E-state index contributed by atoms with van der Waals surface area (Å²) in [5, 5.41) is 11.9. The van der Waals surface area contributed by atoms with Crippen molar-refractivity contribution in [3.8, 4) is 11.9 Å². The lowest BCUT2D eigenvalue weighted by Gasteiger charge is -2.43. The molecule has 2 aliphatic heterocycles. The number of fused-ring (bicyclic) bond motifs is 2. The Hall–Kier alpha value is -1.94. The molecular weight excluding hydrogens is 418 g/mol. The van der Waals surface area contributed by atoms with Crippen LogP contribution in [0.2, 0.25) is 5.02 Å². The topological polar surface area (TPSA) is 102 Å². The zero-order chi connectivity index (χ0) is 20.8. The molecule has 2 aromatic rings. The average molecular weight is 440 g/mol. The van der Waals surface area contributed by atoms with E-state index in [1.54, 1.807) is 16.4 Å². The first-order valence-corrected chi connectivity index (χ1v) is 11.1. The Morgan fingerprint density at radius 1 is 1.14 bits per heavy atom. The van der Waals surface area contributed by atoms with Crippen molar-refractivity contribution in [3.63, 3.8) is 0 Å². The fraction of sp³-hybridized carbons (Fsp3) is 0.474. The quantitative estimate of drug-likeness (QED) is 0.762. The number of methoxy groups -OCH3 is 2. The maximum Gasteiger partial charge on any atom is 0.319 e. The summed E-state index contributed by atoms with van der Waals surface area (Å²) < 4.78 is 38.4. The number of ether oxygens (including phenoxy) is 2. The predicted octanol–water partition coefficient (Wildman–Crippen LogP) is 2.35. The van der Waals surface area contributed by atoms with Crippen LogP contribution in [0.4, 0.5) is 0 Å². The predicted molar refractivity (Wildman–Crippen MR) is 106 cm³/mol. The molecule has 1 aromatic heterocycles. The van der Waals surface area contributed by atoms with Crippen molar-refractivity contribution in [2.24, 2.45) is 0 Å². The van der Waals surface area contributed by atoms with Crippen LogP contribution in [-0.4, -0.2) is 54.1 Å². The van der Waals surface area contributed by atoms with Crippen LogP contribution < -0.4 is 9.47 Å². The molecule has 1 unspecified atom stereocenters. The van der Waals surface area contributed by atoms with Crippen LogP contribution in [0.3, 0.4) is 0 Å². The van der Waals surface area contributed by atoms with Gasteiger partial charge in [0.15, 0.2) is 0 Å². The Bertz CT molecular complexity index is 1000. The van der Waals surface area contributed by atoms with Crippen molar-refractivity contribution in [2.45, 2.75) is 48.3 Å². The zero-order valence-corrected chi connectivity index (χ0v) is 17.7. The smallest absolute Gasteiger partial charge is 0.319 e. The molecule has 3 atom stereocenters. The Morgan fingerprint density at radius 3 is 2.31 bits per heavy atom. The van der Waals surface area contributed by atoms with Gasteiger partial charge in [-0.2, -0.15) is 9.29 Å². The van der Waals surface area contributed by atoms with Crippen LogP contribution in [0.5, 0.6) is 11.9 Å². The van der Waals surface area contributed by atoms with E-state index in [0.29, 0.717) is 23.4 Å². The standard InChI is InChI=1S/C19H22ClN3O5S/c1-27-17-16(11-21-18(22-17)28-2)19(24)9-13-5-6-14(10-19)23(13)29(25,26)15-7-3-12(20)4-8-15/h3-4,7-8,11,13-14,24H,5-6,9-10H2,1-2H3/t13-,14+,19?. The molecule has 8 nitrogen and oxygen atoms in total. The van der Waals surface area contributed by atoms with Gasteiger partial charge in [0, 0.05) is 23.3 Å². The molecule has 156 valence electrons. The number of hydrogen-bond donors (Lipinski definition) is 1. The summed E-state index contributed by atoms with van der Waals surface area (Å²) in [4.78, 5) is 8.47. The van der Waals surface area contributed by atoms with Crippen molar-refractivity contribution >= 4 is 21.6 Å². The van der Waals surface area contributed by atoms with E-state index in [2.05, 4.69) is 9.97 Å². The lowest BCUT2D eigenvalue weighted by Crippen LogP contribution is -2.52. The summed E-state index contributed by atoms with van der Waals surface area (Å²) in [7, 11) is -0.783. The molecule has 0 spiro atoms. The van der Waals surface area contributed by atoms with E-state index < -0.39 is 15.6 Å². The number of nitrogens with zero attached hydrogens (tertiary/aromatic N) is 3. The molecule has 4 rings (SSSR count). The molecule has 0 radical (unpaired) electrons. The van der Waals surface area contributed by atoms with Gasteiger partial charge in [-0.3, -0.25) is 0 Å². The van der Waals surface area contributed by atoms with Crippen molar-refractivity contribution in [3.05, 3.63) is 41.0 Å². The summed E-state index contributed by atoms with van der Waals surface area (Å²) in [6, 6.07) is 5.64. The molecule has 0 saturated carbocycles.